The van der Waals surface area contributed by atoms with Crippen LogP contribution in [0, 0.1) is 5.92 Å². The molecule has 0 saturated heterocycles. The van der Waals surface area contributed by atoms with Gasteiger partial charge in [0.2, 0.25) is 15.9 Å². The summed E-state index contributed by atoms with van der Waals surface area (Å²) in [5.74, 6) is 1.15. The molecule has 7 nitrogen and oxygen atoms in total. The molecule has 1 aliphatic rings. The van der Waals surface area contributed by atoms with E-state index in [-0.39, 0.29) is 28.7 Å². The fourth-order valence-corrected chi connectivity index (χ4v) is 6.65. The number of nitrogens with zero attached hydrogens (tertiary/aromatic N) is 1. The van der Waals surface area contributed by atoms with Gasteiger partial charge in [0.15, 0.2) is 0 Å². The minimum atomic E-state index is -3.87. The van der Waals surface area contributed by atoms with Crippen LogP contribution in [0.1, 0.15) is 81.8 Å². The molecule has 226 valence electrons. The van der Waals surface area contributed by atoms with Gasteiger partial charge >= 0.3 is 0 Å². The second-order valence-corrected chi connectivity index (χ2v) is 14.5. The third-order valence-corrected chi connectivity index (χ3v) is 8.99. The number of carbonyl (C=O) groups is 1. The van der Waals surface area contributed by atoms with Crippen LogP contribution in [-0.2, 0) is 26.8 Å². The van der Waals surface area contributed by atoms with Crippen LogP contribution in [-0.4, -0.2) is 39.4 Å². The summed E-state index contributed by atoms with van der Waals surface area (Å²) in [6.07, 6.45) is 0.612. The average molecular weight is 592 g/mol. The highest BCUT2D eigenvalue weighted by atomic mass is 32.2. The van der Waals surface area contributed by atoms with E-state index in [2.05, 4.69) is 68.7 Å². The van der Waals surface area contributed by atoms with Crippen molar-refractivity contribution in [3.05, 3.63) is 95.1 Å². The van der Waals surface area contributed by atoms with Crippen LogP contribution in [0.25, 0.3) is 0 Å². The van der Waals surface area contributed by atoms with Gasteiger partial charge in [-0.3, -0.25) is 4.79 Å². The van der Waals surface area contributed by atoms with E-state index in [9.17, 15) is 13.2 Å². The first-order valence-corrected chi connectivity index (χ1v) is 16.2. The topological polar surface area (TPSA) is 87.7 Å². The monoisotopic (exact) mass is 591 g/mol. The maximum atomic E-state index is 13.4. The molecule has 0 fully saturated rings. The minimum absolute atomic E-state index is 0.0336. The fourth-order valence-electron chi connectivity index (χ4n) is 5.42. The number of sulfonamides is 1. The number of amides is 1. The molecule has 2 unspecified atom stereocenters. The Bertz CT molecular complexity index is 1450. The predicted octanol–water partition coefficient (Wildman–Crippen LogP) is 6.12. The van der Waals surface area contributed by atoms with E-state index in [0.717, 1.165) is 41.1 Å². The van der Waals surface area contributed by atoms with Gasteiger partial charge < -0.3 is 15.0 Å². The zero-order chi connectivity index (χ0) is 30.5. The number of hydrogen-bond donors (Lipinski definition) is 2. The van der Waals surface area contributed by atoms with Crippen LogP contribution in [0.3, 0.4) is 0 Å². The molecule has 0 spiro atoms. The summed E-state index contributed by atoms with van der Waals surface area (Å²) in [4.78, 5) is 15.9. The highest BCUT2D eigenvalue weighted by molar-refractivity contribution is 7.89. The normalized spacial score (nSPS) is 16.1. The minimum Gasteiger partial charge on any atom is -0.493 e. The van der Waals surface area contributed by atoms with Gasteiger partial charge in [-0.05, 0) is 53.3 Å². The molecule has 1 aliphatic heterocycles. The predicted molar refractivity (Wildman–Crippen MR) is 168 cm³/mol. The van der Waals surface area contributed by atoms with E-state index < -0.39 is 16.1 Å². The lowest BCUT2D eigenvalue weighted by Gasteiger charge is -2.28. The Morgan fingerprint density at radius 3 is 2.36 bits per heavy atom. The summed E-state index contributed by atoms with van der Waals surface area (Å²) in [6, 6.07) is 21.4. The van der Waals surface area contributed by atoms with Gasteiger partial charge in [-0.15, -0.1) is 0 Å². The Hall–Kier alpha value is -3.20. The first-order chi connectivity index (χ1) is 19.8. The van der Waals surface area contributed by atoms with E-state index in [1.807, 2.05) is 48.5 Å². The lowest BCUT2D eigenvalue weighted by Crippen LogP contribution is -2.36. The number of fused-ring (bicyclic) bond motifs is 1. The third-order valence-electron chi connectivity index (χ3n) is 7.50. The molecule has 0 aromatic heterocycles. The molecule has 4 rings (SSSR count). The van der Waals surface area contributed by atoms with Crippen molar-refractivity contribution in [2.45, 2.75) is 76.4 Å². The quantitative estimate of drug-likeness (QED) is 0.281. The fraction of sp³-hybridized carbons (Fsp3) is 0.441. The second-order valence-electron chi connectivity index (χ2n) is 12.8. The van der Waals surface area contributed by atoms with Crippen LogP contribution in [0.15, 0.2) is 77.7 Å². The zero-order valence-electron chi connectivity index (χ0n) is 25.7. The van der Waals surface area contributed by atoms with Crippen molar-refractivity contribution in [3.8, 4) is 5.75 Å². The molecule has 1 amide bonds. The van der Waals surface area contributed by atoms with Gasteiger partial charge in [-0.2, -0.15) is 0 Å². The molecule has 8 heteroatoms. The van der Waals surface area contributed by atoms with E-state index in [4.69, 9.17) is 4.74 Å². The van der Waals surface area contributed by atoms with Crippen molar-refractivity contribution in [3.63, 3.8) is 0 Å². The second kappa shape index (κ2) is 13.4. The maximum Gasteiger partial charge on any atom is 0.241 e. The number of benzene rings is 3. The highest BCUT2D eigenvalue weighted by Crippen LogP contribution is 2.34. The number of hydrogen-bond acceptors (Lipinski definition) is 5. The van der Waals surface area contributed by atoms with Crippen LogP contribution < -0.4 is 14.8 Å². The number of rotatable bonds is 11. The Balaban J connectivity index is 1.48. The molecule has 2 N–H and O–H groups in total. The SMILES string of the molecule is CC(C)CN(C)Cc1ccc2c(c1)OCCC2NC(=O)CC(NS(=O)(=O)c1ccc(C(C)(C)C)cc1)c1ccccc1. The standard InChI is InChI=1S/C34H45N3O4S/c1-24(2)22-37(6)23-25-12-17-29-30(18-19-41-32(29)20-25)35-33(38)21-31(26-10-8-7-9-11-26)36-42(39,40)28-15-13-27(14-16-28)34(3,4)5/h7-17,20,24,30-31,36H,18-19,21-23H2,1-6H3,(H,35,38). The Morgan fingerprint density at radius 1 is 1.02 bits per heavy atom. The molecule has 2 atom stereocenters. The number of carbonyl (C=O) groups excluding carboxylic acids is 1. The van der Waals surface area contributed by atoms with Crippen LogP contribution >= 0.6 is 0 Å². The molecule has 1 heterocycles. The smallest absolute Gasteiger partial charge is 0.241 e. The van der Waals surface area contributed by atoms with Gasteiger partial charge in [-0.1, -0.05) is 89.2 Å². The number of nitrogens with one attached hydrogen (secondary N) is 2. The van der Waals surface area contributed by atoms with Crippen LogP contribution in [0.2, 0.25) is 0 Å². The highest BCUT2D eigenvalue weighted by Gasteiger charge is 2.28. The first-order valence-electron chi connectivity index (χ1n) is 14.7. The Kier molecular flexibility index (Phi) is 10.1. The summed E-state index contributed by atoms with van der Waals surface area (Å²) in [6.45, 7) is 13.0. The number of ether oxygens (including phenoxy) is 1. The zero-order valence-corrected chi connectivity index (χ0v) is 26.5. The summed E-state index contributed by atoms with van der Waals surface area (Å²) in [5, 5.41) is 3.15. The average Bonchev–Trinajstić information content (AvgIpc) is 2.92. The summed E-state index contributed by atoms with van der Waals surface area (Å²) < 4.78 is 35.6. The molecule has 3 aromatic rings. The summed E-state index contributed by atoms with van der Waals surface area (Å²) in [7, 11) is -1.76. The van der Waals surface area contributed by atoms with Gasteiger partial charge in [0.1, 0.15) is 5.75 Å². The lowest BCUT2D eigenvalue weighted by atomic mass is 9.87. The Labute approximate surface area is 251 Å². The van der Waals surface area contributed by atoms with Crippen molar-refractivity contribution in [2.24, 2.45) is 5.92 Å². The molecule has 42 heavy (non-hydrogen) atoms. The summed E-state index contributed by atoms with van der Waals surface area (Å²) >= 11 is 0. The van der Waals surface area contributed by atoms with E-state index >= 15 is 0 Å². The summed E-state index contributed by atoms with van der Waals surface area (Å²) in [5.41, 5.74) is 3.80. The third kappa shape index (κ3) is 8.43. The molecular weight excluding hydrogens is 546 g/mol. The Morgan fingerprint density at radius 2 is 1.71 bits per heavy atom. The van der Waals surface area contributed by atoms with Gasteiger partial charge in [-0.25, -0.2) is 13.1 Å². The van der Waals surface area contributed by atoms with E-state index in [1.165, 1.54) is 0 Å². The first kappa shape index (κ1) is 31.7. The van der Waals surface area contributed by atoms with Crippen LogP contribution in [0.4, 0.5) is 0 Å². The van der Waals surface area contributed by atoms with Crippen molar-refractivity contribution >= 4 is 15.9 Å². The molecule has 0 saturated carbocycles. The molecule has 0 bridgehead atoms. The van der Waals surface area contributed by atoms with Crippen molar-refractivity contribution in [1.82, 2.24) is 14.9 Å². The van der Waals surface area contributed by atoms with E-state index in [0.29, 0.717) is 18.9 Å². The van der Waals surface area contributed by atoms with Crippen molar-refractivity contribution in [2.75, 3.05) is 20.2 Å². The molecule has 0 aliphatic carbocycles. The van der Waals surface area contributed by atoms with Crippen molar-refractivity contribution in [1.29, 1.82) is 0 Å². The maximum absolute atomic E-state index is 13.4. The van der Waals surface area contributed by atoms with Gasteiger partial charge in [0, 0.05) is 31.5 Å². The van der Waals surface area contributed by atoms with Crippen LogP contribution in [0.5, 0.6) is 5.75 Å². The molecule has 0 radical (unpaired) electrons. The lowest BCUT2D eigenvalue weighted by molar-refractivity contribution is -0.122. The van der Waals surface area contributed by atoms with E-state index in [1.54, 1.807) is 12.1 Å². The molecular formula is C34H45N3O4S. The molecule has 3 aromatic carbocycles. The van der Waals surface area contributed by atoms with Gasteiger partial charge in [0.25, 0.3) is 0 Å². The van der Waals surface area contributed by atoms with Crippen molar-refractivity contribution < 1.29 is 17.9 Å². The van der Waals surface area contributed by atoms with Gasteiger partial charge in [0.05, 0.1) is 23.6 Å². The largest absolute Gasteiger partial charge is 0.493 e.